The second-order valence-corrected chi connectivity index (χ2v) is 8.24. The Balaban J connectivity index is 1.68. The molecule has 1 atom stereocenters. The molecule has 30 heavy (non-hydrogen) atoms. The molecule has 3 aromatic rings. The van der Waals surface area contributed by atoms with Crippen LogP contribution in [0.4, 0.5) is 11.4 Å². The number of benzene rings is 3. The van der Waals surface area contributed by atoms with Gasteiger partial charge in [-0.25, -0.2) is 0 Å². The summed E-state index contributed by atoms with van der Waals surface area (Å²) >= 11 is 0. The van der Waals surface area contributed by atoms with Crippen molar-refractivity contribution in [2.75, 3.05) is 10.6 Å². The molecular weight excluding hydrogens is 400 g/mol. The summed E-state index contributed by atoms with van der Waals surface area (Å²) in [5, 5.41) is 15.3. The van der Waals surface area contributed by atoms with E-state index >= 15 is 0 Å². The first-order chi connectivity index (χ1) is 14.4. The van der Waals surface area contributed by atoms with Gasteiger partial charge < -0.3 is 15.7 Å². The number of anilines is 2. The number of phenols is 1. The number of rotatable bonds is 7. The summed E-state index contributed by atoms with van der Waals surface area (Å²) in [6.45, 7) is 1.36. The summed E-state index contributed by atoms with van der Waals surface area (Å²) in [4.78, 5) is 23.8. The van der Waals surface area contributed by atoms with Gasteiger partial charge in [-0.1, -0.05) is 42.5 Å². The average Bonchev–Trinajstić information content (AvgIpc) is 2.70. The third-order valence-electron chi connectivity index (χ3n) is 4.24. The van der Waals surface area contributed by atoms with Gasteiger partial charge in [-0.05, 0) is 41.5 Å². The Morgan fingerprint density at radius 3 is 2.23 bits per heavy atom. The van der Waals surface area contributed by atoms with Gasteiger partial charge in [-0.15, -0.1) is 0 Å². The quantitative estimate of drug-likeness (QED) is 0.501. The van der Waals surface area contributed by atoms with Gasteiger partial charge in [0.05, 0.1) is 5.56 Å². The average molecular weight is 423 g/mol. The maximum Gasteiger partial charge on any atom is 0.259 e. The van der Waals surface area contributed by atoms with Gasteiger partial charge in [0, 0.05) is 40.6 Å². The minimum absolute atomic E-state index is 0.0410. The van der Waals surface area contributed by atoms with Crippen LogP contribution in [-0.4, -0.2) is 21.1 Å². The fourth-order valence-electron chi connectivity index (χ4n) is 2.93. The predicted molar refractivity (Wildman–Crippen MR) is 119 cm³/mol. The normalized spacial score (nSPS) is 11.5. The van der Waals surface area contributed by atoms with Gasteiger partial charge in [0.1, 0.15) is 5.75 Å². The van der Waals surface area contributed by atoms with Crippen LogP contribution in [0.3, 0.4) is 0 Å². The van der Waals surface area contributed by atoms with Gasteiger partial charge >= 0.3 is 0 Å². The SMILES string of the molecule is CC(=O)Nc1ccc(O)c(C(=O)Nc2cccc(CS(=O)Cc3ccccc3)c2)c1. The van der Waals surface area contributed by atoms with E-state index in [-0.39, 0.29) is 17.2 Å². The monoisotopic (exact) mass is 422 g/mol. The van der Waals surface area contributed by atoms with Crippen molar-refractivity contribution >= 4 is 34.0 Å². The van der Waals surface area contributed by atoms with Crippen molar-refractivity contribution in [3.63, 3.8) is 0 Å². The summed E-state index contributed by atoms with van der Waals surface area (Å²) < 4.78 is 12.5. The van der Waals surface area contributed by atoms with E-state index in [1.807, 2.05) is 36.4 Å². The second kappa shape index (κ2) is 9.84. The van der Waals surface area contributed by atoms with Gasteiger partial charge in [-0.3, -0.25) is 13.8 Å². The molecule has 1 unspecified atom stereocenters. The smallest absolute Gasteiger partial charge is 0.259 e. The minimum atomic E-state index is -1.08. The molecule has 0 bridgehead atoms. The first-order valence-electron chi connectivity index (χ1n) is 9.30. The molecule has 7 heteroatoms. The van der Waals surface area contributed by atoms with E-state index in [1.54, 1.807) is 18.2 Å². The molecular formula is C23H22N2O4S. The van der Waals surface area contributed by atoms with Gasteiger partial charge in [0.25, 0.3) is 5.91 Å². The lowest BCUT2D eigenvalue weighted by Crippen LogP contribution is -2.13. The molecule has 6 nitrogen and oxygen atoms in total. The molecule has 0 aliphatic heterocycles. The van der Waals surface area contributed by atoms with Crippen LogP contribution in [0, 0.1) is 0 Å². The standard InChI is InChI=1S/C23H22N2O4S/c1-16(26)24-20-10-11-22(27)21(13-20)23(28)25-19-9-5-8-18(12-19)15-30(29)14-17-6-3-2-4-7-17/h2-13,27H,14-15H2,1H3,(H,24,26)(H,25,28). The van der Waals surface area contributed by atoms with Crippen LogP contribution in [-0.2, 0) is 27.1 Å². The number of nitrogens with one attached hydrogen (secondary N) is 2. The number of phenolic OH excluding ortho intramolecular Hbond substituents is 1. The van der Waals surface area contributed by atoms with E-state index in [4.69, 9.17) is 0 Å². The van der Waals surface area contributed by atoms with Crippen LogP contribution in [0.5, 0.6) is 5.75 Å². The van der Waals surface area contributed by atoms with Crippen molar-refractivity contribution in [3.05, 3.63) is 89.5 Å². The molecule has 154 valence electrons. The van der Waals surface area contributed by atoms with Crippen LogP contribution < -0.4 is 10.6 Å². The van der Waals surface area contributed by atoms with Crippen molar-refractivity contribution in [1.82, 2.24) is 0 Å². The Hall–Kier alpha value is -3.45. The lowest BCUT2D eigenvalue weighted by Gasteiger charge is -2.10. The molecule has 0 saturated carbocycles. The number of carbonyl (C=O) groups excluding carboxylic acids is 2. The van der Waals surface area contributed by atoms with Crippen LogP contribution >= 0.6 is 0 Å². The van der Waals surface area contributed by atoms with Crippen LogP contribution in [0.25, 0.3) is 0 Å². The fraction of sp³-hybridized carbons (Fsp3) is 0.130. The van der Waals surface area contributed by atoms with Gasteiger partial charge in [0.15, 0.2) is 0 Å². The molecule has 0 heterocycles. The predicted octanol–water partition coefficient (Wildman–Crippen LogP) is 4.05. The Morgan fingerprint density at radius 2 is 1.50 bits per heavy atom. The summed E-state index contributed by atoms with van der Waals surface area (Å²) in [5.41, 5.74) is 2.82. The first-order valence-corrected chi connectivity index (χ1v) is 10.8. The van der Waals surface area contributed by atoms with E-state index in [0.29, 0.717) is 22.9 Å². The molecule has 0 radical (unpaired) electrons. The van der Waals surface area contributed by atoms with Gasteiger partial charge in [-0.2, -0.15) is 0 Å². The van der Waals surface area contributed by atoms with Crippen LogP contribution in [0.1, 0.15) is 28.4 Å². The maximum atomic E-state index is 12.6. The molecule has 0 spiro atoms. The summed E-state index contributed by atoms with van der Waals surface area (Å²) in [6.07, 6.45) is 0. The van der Waals surface area contributed by atoms with E-state index < -0.39 is 16.7 Å². The van der Waals surface area contributed by atoms with Crippen LogP contribution in [0.2, 0.25) is 0 Å². The van der Waals surface area contributed by atoms with E-state index in [0.717, 1.165) is 11.1 Å². The summed E-state index contributed by atoms with van der Waals surface area (Å²) in [6, 6.07) is 21.0. The third kappa shape index (κ3) is 6.02. The maximum absolute atomic E-state index is 12.6. The number of aromatic hydroxyl groups is 1. The van der Waals surface area contributed by atoms with E-state index in [1.165, 1.54) is 25.1 Å². The highest BCUT2D eigenvalue weighted by molar-refractivity contribution is 7.83. The zero-order chi connectivity index (χ0) is 21.5. The van der Waals surface area contributed by atoms with Crippen molar-refractivity contribution in [2.45, 2.75) is 18.4 Å². The topological polar surface area (TPSA) is 95.5 Å². The van der Waals surface area contributed by atoms with Crippen LogP contribution in [0.15, 0.2) is 72.8 Å². The van der Waals surface area contributed by atoms with E-state index in [9.17, 15) is 18.9 Å². The summed E-state index contributed by atoms with van der Waals surface area (Å²) in [5.74, 6) is -0.157. The number of carbonyl (C=O) groups is 2. The van der Waals surface area contributed by atoms with E-state index in [2.05, 4.69) is 10.6 Å². The number of hydrogen-bond donors (Lipinski definition) is 3. The Bertz CT molecular complexity index is 1080. The number of hydrogen-bond acceptors (Lipinski definition) is 4. The first kappa shape index (κ1) is 21.3. The molecule has 0 aliphatic carbocycles. The van der Waals surface area contributed by atoms with Crippen molar-refractivity contribution in [1.29, 1.82) is 0 Å². The number of amides is 2. The highest BCUT2D eigenvalue weighted by Gasteiger charge is 2.13. The molecule has 0 aromatic heterocycles. The highest BCUT2D eigenvalue weighted by Crippen LogP contribution is 2.23. The second-order valence-electron chi connectivity index (χ2n) is 6.78. The van der Waals surface area contributed by atoms with Gasteiger partial charge in [0.2, 0.25) is 5.91 Å². The Morgan fingerprint density at radius 1 is 0.833 bits per heavy atom. The molecule has 3 rings (SSSR count). The molecule has 0 fully saturated rings. The Kier molecular flexibility index (Phi) is 6.98. The van der Waals surface area contributed by atoms with Crippen molar-refractivity contribution < 1.29 is 18.9 Å². The summed E-state index contributed by atoms with van der Waals surface area (Å²) in [7, 11) is -1.08. The van der Waals surface area contributed by atoms with Crippen molar-refractivity contribution in [2.24, 2.45) is 0 Å². The van der Waals surface area contributed by atoms with Crippen molar-refractivity contribution in [3.8, 4) is 5.75 Å². The highest BCUT2D eigenvalue weighted by atomic mass is 32.2. The molecule has 0 saturated heterocycles. The zero-order valence-corrected chi connectivity index (χ0v) is 17.2. The lowest BCUT2D eigenvalue weighted by molar-refractivity contribution is -0.114. The third-order valence-corrected chi connectivity index (χ3v) is 5.56. The molecule has 3 aromatic carbocycles. The molecule has 3 N–H and O–H groups in total. The fourth-order valence-corrected chi connectivity index (χ4v) is 4.15. The largest absolute Gasteiger partial charge is 0.507 e. The Labute approximate surface area is 177 Å². The zero-order valence-electron chi connectivity index (χ0n) is 16.4. The minimum Gasteiger partial charge on any atom is -0.507 e. The molecule has 2 amide bonds. The lowest BCUT2D eigenvalue weighted by atomic mass is 10.1. The molecule has 0 aliphatic rings.